The third-order valence-corrected chi connectivity index (χ3v) is 4.51. The molecule has 0 radical (unpaired) electrons. The van der Waals surface area contributed by atoms with E-state index < -0.39 is 0 Å². The van der Waals surface area contributed by atoms with Gasteiger partial charge in [0.05, 0.1) is 19.3 Å². The molecule has 2 aliphatic rings. The average Bonchev–Trinajstić information content (AvgIpc) is 3.04. The van der Waals surface area contributed by atoms with Gasteiger partial charge < -0.3 is 20.1 Å². The highest BCUT2D eigenvalue weighted by atomic mass is 127. The Hall–Kier alpha value is -0.120. The molecule has 2 saturated heterocycles. The van der Waals surface area contributed by atoms with E-state index in [1.54, 1.807) is 0 Å². The summed E-state index contributed by atoms with van der Waals surface area (Å²) in [4.78, 5) is 6.84. The molecule has 2 aliphatic heterocycles. The van der Waals surface area contributed by atoms with Crippen molar-refractivity contribution in [2.24, 2.45) is 10.9 Å². The van der Waals surface area contributed by atoms with E-state index in [2.05, 4.69) is 34.4 Å². The van der Waals surface area contributed by atoms with Crippen LogP contribution >= 0.6 is 24.0 Å². The monoisotopic (exact) mass is 440 g/mol. The van der Waals surface area contributed by atoms with Gasteiger partial charge >= 0.3 is 0 Å². The first-order valence-corrected chi connectivity index (χ1v) is 8.58. The number of hydrogen-bond donors (Lipinski definition) is 2. The average molecular weight is 440 g/mol. The summed E-state index contributed by atoms with van der Waals surface area (Å²) < 4.78 is 11.1. The number of ether oxygens (including phenoxy) is 2. The Balaban J connectivity index is 0.00000264. The Labute approximate surface area is 157 Å². The van der Waals surface area contributed by atoms with E-state index in [0.717, 1.165) is 58.4 Å². The van der Waals surface area contributed by atoms with Crippen LogP contribution in [0.2, 0.25) is 0 Å². The zero-order valence-corrected chi connectivity index (χ0v) is 17.0. The normalized spacial score (nSPS) is 24.3. The molecule has 0 amide bonds. The zero-order chi connectivity index (χ0) is 15.8. The number of nitrogens with one attached hydrogen (secondary N) is 2. The summed E-state index contributed by atoms with van der Waals surface area (Å²) in [6, 6.07) is 0.505. The summed E-state index contributed by atoms with van der Waals surface area (Å²) in [5.74, 6) is 1.47. The summed E-state index contributed by atoms with van der Waals surface area (Å²) in [6.45, 7) is 10.9. The van der Waals surface area contributed by atoms with Crippen molar-refractivity contribution in [3.8, 4) is 0 Å². The van der Waals surface area contributed by atoms with Gasteiger partial charge in [-0.05, 0) is 18.8 Å². The molecule has 0 aromatic rings. The lowest BCUT2D eigenvalue weighted by Crippen LogP contribution is -2.53. The van der Waals surface area contributed by atoms with Crippen LogP contribution in [0, 0.1) is 5.92 Å². The fraction of sp³-hybridized carbons (Fsp3) is 0.938. The summed E-state index contributed by atoms with van der Waals surface area (Å²) in [5.41, 5.74) is 0. The number of halogens is 1. The molecule has 2 unspecified atom stereocenters. The van der Waals surface area contributed by atoms with E-state index >= 15 is 0 Å². The molecule has 0 saturated carbocycles. The van der Waals surface area contributed by atoms with Crippen molar-refractivity contribution in [3.05, 3.63) is 0 Å². The summed E-state index contributed by atoms with van der Waals surface area (Å²) in [6.07, 6.45) is 2.65. The van der Waals surface area contributed by atoms with Crippen molar-refractivity contribution in [1.82, 2.24) is 15.5 Å². The van der Waals surface area contributed by atoms with Crippen LogP contribution in [0.3, 0.4) is 0 Å². The molecule has 0 aliphatic carbocycles. The van der Waals surface area contributed by atoms with E-state index in [-0.39, 0.29) is 24.0 Å². The Morgan fingerprint density at radius 2 is 1.96 bits per heavy atom. The zero-order valence-electron chi connectivity index (χ0n) is 14.7. The summed E-state index contributed by atoms with van der Waals surface area (Å²) in [5, 5.41) is 6.85. The third kappa shape index (κ3) is 7.11. The third-order valence-electron chi connectivity index (χ3n) is 4.51. The molecule has 0 aromatic heterocycles. The Morgan fingerprint density at radius 3 is 2.52 bits per heavy atom. The highest BCUT2D eigenvalue weighted by Gasteiger charge is 2.24. The Bertz CT molecular complexity index is 343. The maximum Gasteiger partial charge on any atom is 0.191 e. The van der Waals surface area contributed by atoms with Crippen molar-refractivity contribution in [2.75, 3.05) is 53.0 Å². The largest absolute Gasteiger partial charge is 0.379 e. The fourth-order valence-electron chi connectivity index (χ4n) is 3.13. The molecule has 2 fully saturated rings. The van der Waals surface area contributed by atoms with Gasteiger partial charge in [-0.15, -0.1) is 24.0 Å². The van der Waals surface area contributed by atoms with Crippen molar-refractivity contribution in [1.29, 1.82) is 0 Å². The van der Waals surface area contributed by atoms with Gasteiger partial charge in [0.15, 0.2) is 5.96 Å². The van der Waals surface area contributed by atoms with Gasteiger partial charge in [-0.1, -0.05) is 13.8 Å². The first kappa shape index (κ1) is 20.9. The minimum atomic E-state index is 0. The van der Waals surface area contributed by atoms with Crippen LogP contribution in [-0.4, -0.2) is 76.1 Å². The lowest BCUT2D eigenvalue weighted by molar-refractivity contribution is 0.00751. The second kappa shape index (κ2) is 11.4. The minimum Gasteiger partial charge on any atom is -0.379 e. The van der Waals surface area contributed by atoms with Crippen LogP contribution in [0.4, 0.5) is 0 Å². The second-order valence-electron chi connectivity index (χ2n) is 6.43. The maximum absolute atomic E-state index is 5.64. The lowest BCUT2D eigenvalue weighted by Gasteiger charge is -2.37. The van der Waals surface area contributed by atoms with Crippen LogP contribution in [0.25, 0.3) is 0 Å². The second-order valence-corrected chi connectivity index (χ2v) is 6.43. The Kier molecular flexibility index (Phi) is 10.4. The summed E-state index contributed by atoms with van der Waals surface area (Å²) >= 11 is 0. The first-order valence-electron chi connectivity index (χ1n) is 8.58. The van der Waals surface area contributed by atoms with Gasteiger partial charge in [-0.3, -0.25) is 9.89 Å². The lowest BCUT2D eigenvalue weighted by atomic mass is 10.0. The molecule has 2 N–H and O–H groups in total. The number of hydrogen-bond acceptors (Lipinski definition) is 4. The quantitative estimate of drug-likeness (QED) is 0.371. The molecule has 2 rings (SSSR count). The van der Waals surface area contributed by atoms with Crippen molar-refractivity contribution in [2.45, 2.75) is 38.8 Å². The van der Waals surface area contributed by atoms with E-state index in [1.807, 2.05) is 7.05 Å². The number of morpholine rings is 1. The van der Waals surface area contributed by atoms with Gasteiger partial charge in [-0.2, -0.15) is 0 Å². The molecule has 0 spiro atoms. The van der Waals surface area contributed by atoms with Gasteiger partial charge in [-0.25, -0.2) is 0 Å². The van der Waals surface area contributed by atoms with Crippen LogP contribution in [0.5, 0.6) is 0 Å². The number of rotatable bonds is 6. The van der Waals surface area contributed by atoms with Crippen LogP contribution in [-0.2, 0) is 9.47 Å². The van der Waals surface area contributed by atoms with Gasteiger partial charge in [0.25, 0.3) is 0 Å². The molecule has 0 bridgehead atoms. The highest BCUT2D eigenvalue weighted by Crippen LogP contribution is 2.12. The minimum absolute atomic E-state index is 0. The Morgan fingerprint density at radius 1 is 1.22 bits per heavy atom. The molecule has 23 heavy (non-hydrogen) atoms. The van der Waals surface area contributed by atoms with E-state index in [0.29, 0.717) is 18.1 Å². The van der Waals surface area contributed by atoms with Gasteiger partial charge in [0.1, 0.15) is 0 Å². The first-order chi connectivity index (χ1) is 10.7. The number of nitrogens with zero attached hydrogens (tertiary/aromatic N) is 2. The molecule has 2 atom stereocenters. The predicted molar refractivity (Wildman–Crippen MR) is 105 cm³/mol. The maximum atomic E-state index is 5.64. The van der Waals surface area contributed by atoms with Crippen LogP contribution in [0.15, 0.2) is 4.99 Å². The van der Waals surface area contributed by atoms with Gasteiger partial charge in [0, 0.05) is 45.9 Å². The molecular formula is C16H33IN4O2. The topological polar surface area (TPSA) is 58.1 Å². The SMILES string of the molecule is CN=C(NCC1CCCO1)NCC(C(C)C)N1CCOCC1.I. The molecule has 2 heterocycles. The fourth-order valence-corrected chi connectivity index (χ4v) is 3.13. The molecule has 136 valence electrons. The number of guanidine groups is 1. The molecule has 0 aromatic carbocycles. The van der Waals surface area contributed by atoms with Crippen LogP contribution < -0.4 is 10.6 Å². The predicted octanol–water partition coefficient (Wildman–Crippen LogP) is 1.31. The van der Waals surface area contributed by atoms with E-state index in [9.17, 15) is 0 Å². The summed E-state index contributed by atoms with van der Waals surface area (Å²) in [7, 11) is 1.82. The van der Waals surface area contributed by atoms with Gasteiger partial charge in [0.2, 0.25) is 0 Å². The van der Waals surface area contributed by atoms with Crippen molar-refractivity contribution < 1.29 is 9.47 Å². The smallest absolute Gasteiger partial charge is 0.191 e. The van der Waals surface area contributed by atoms with E-state index in [4.69, 9.17) is 9.47 Å². The van der Waals surface area contributed by atoms with Crippen LogP contribution in [0.1, 0.15) is 26.7 Å². The van der Waals surface area contributed by atoms with E-state index in [1.165, 1.54) is 6.42 Å². The highest BCUT2D eigenvalue weighted by molar-refractivity contribution is 14.0. The molecule has 6 nitrogen and oxygen atoms in total. The van der Waals surface area contributed by atoms with Crippen molar-refractivity contribution >= 4 is 29.9 Å². The molecular weight excluding hydrogens is 407 g/mol. The van der Waals surface area contributed by atoms with Crippen molar-refractivity contribution in [3.63, 3.8) is 0 Å². The standard InChI is InChI=1S/C16H32N4O2.HI/c1-13(2)15(20-6-9-21-10-7-20)12-19-16(17-3)18-11-14-5-4-8-22-14;/h13-15H,4-12H2,1-3H3,(H2,17,18,19);1H. The molecule has 7 heteroatoms. The number of aliphatic imine (C=N–C) groups is 1.